The maximum Gasteiger partial charge on any atom is 0.573 e. The molecule has 1 heterocycles. The van der Waals surface area contributed by atoms with Gasteiger partial charge >= 0.3 is 6.36 Å². The van der Waals surface area contributed by atoms with Crippen LogP contribution in [0.3, 0.4) is 0 Å². The van der Waals surface area contributed by atoms with Crippen molar-refractivity contribution in [3.63, 3.8) is 0 Å². The molecule has 0 spiro atoms. The van der Waals surface area contributed by atoms with Gasteiger partial charge in [0.25, 0.3) is 0 Å². The van der Waals surface area contributed by atoms with E-state index in [0.717, 1.165) is 0 Å². The van der Waals surface area contributed by atoms with Gasteiger partial charge in [0, 0.05) is 5.56 Å². The number of ether oxygens (including phenoxy) is 1. The van der Waals surface area contributed by atoms with E-state index in [1.54, 1.807) is 12.1 Å². The van der Waals surface area contributed by atoms with Gasteiger partial charge in [0.2, 0.25) is 0 Å². The van der Waals surface area contributed by atoms with E-state index < -0.39 is 6.36 Å². The van der Waals surface area contributed by atoms with Gasteiger partial charge in [-0.05, 0) is 24.3 Å². The Morgan fingerprint density at radius 2 is 1.78 bits per heavy atom. The predicted octanol–water partition coefficient (Wildman–Crippen LogP) is 3.23. The van der Waals surface area contributed by atoms with E-state index in [2.05, 4.69) is 9.72 Å². The van der Waals surface area contributed by atoms with E-state index in [1.807, 2.05) is 0 Å². The first-order chi connectivity index (χ1) is 8.46. The van der Waals surface area contributed by atoms with Gasteiger partial charge in [0.05, 0.1) is 17.6 Å². The zero-order valence-corrected chi connectivity index (χ0v) is 9.11. The number of hydrogen-bond acceptors (Lipinski definition) is 3. The average Bonchev–Trinajstić information content (AvgIpc) is 2.29. The highest BCUT2D eigenvalue weighted by Gasteiger charge is 2.32. The third-order valence-electron chi connectivity index (χ3n) is 2.18. The maximum absolute atomic E-state index is 12.2. The quantitative estimate of drug-likeness (QED) is 0.895. The van der Waals surface area contributed by atoms with Crippen molar-refractivity contribution in [3.8, 4) is 17.0 Å². The van der Waals surface area contributed by atoms with Crippen LogP contribution in [0.2, 0.25) is 0 Å². The molecular weight excluding hydrogens is 245 g/mol. The first-order valence-corrected chi connectivity index (χ1v) is 5.02. The normalized spacial score (nSPS) is 11.3. The van der Waals surface area contributed by atoms with Gasteiger partial charge in [0.15, 0.2) is 0 Å². The van der Waals surface area contributed by atoms with Crippen LogP contribution in [0.4, 0.5) is 18.9 Å². The van der Waals surface area contributed by atoms with Crippen LogP contribution >= 0.6 is 0 Å². The zero-order valence-electron chi connectivity index (χ0n) is 9.11. The zero-order chi connectivity index (χ0) is 13.2. The summed E-state index contributed by atoms with van der Waals surface area (Å²) in [6.45, 7) is 0. The summed E-state index contributed by atoms with van der Waals surface area (Å²) in [7, 11) is 0. The van der Waals surface area contributed by atoms with Crippen LogP contribution in [0.25, 0.3) is 11.3 Å². The Hall–Kier alpha value is -2.24. The summed E-state index contributed by atoms with van der Waals surface area (Å²) < 4.78 is 40.7. The minimum atomic E-state index is -4.73. The summed E-state index contributed by atoms with van der Waals surface area (Å²) in [5, 5.41) is 0. The molecule has 3 nitrogen and oxygen atoms in total. The number of rotatable bonds is 2. The van der Waals surface area contributed by atoms with Crippen LogP contribution < -0.4 is 10.5 Å². The summed E-state index contributed by atoms with van der Waals surface area (Å²) in [4.78, 5) is 3.97. The molecule has 0 unspecified atom stereocenters. The molecule has 0 bridgehead atoms. The van der Waals surface area contributed by atoms with Crippen molar-refractivity contribution in [1.82, 2.24) is 4.98 Å². The number of para-hydroxylation sites is 1. The summed E-state index contributed by atoms with van der Waals surface area (Å²) in [6.07, 6.45) is -3.36. The van der Waals surface area contributed by atoms with Crippen molar-refractivity contribution >= 4 is 5.69 Å². The molecule has 0 atom stereocenters. The fraction of sp³-hybridized carbons (Fsp3) is 0.0833. The lowest BCUT2D eigenvalue weighted by Crippen LogP contribution is -2.17. The van der Waals surface area contributed by atoms with Crippen molar-refractivity contribution in [1.29, 1.82) is 0 Å². The molecule has 0 aliphatic rings. The van der Waals surface area contributed by atoms with Gasteiger partial charge in [-0.1, -0.05) is 12.1 Å². The van der Waals surface area contributed by atoms with Crippen LogP contribution in [0.1, 0.15) is 0 Å². The highest BCUT2D eigenvalue weighted by Crippen LogP contribution is 2.32. The number of nitrogens with two attached hydrogens (primary N) is 1. The smallest absolute Gasteiger partial charge is 0.405 e. The minimum Gasteiger partial charge on any atom is -0.405 e. The molecule has 94 valence electrons. The lowest BCUT2D eigenvalue weighted by atomic mass is 10.1. The lowest BCUT2D eigenvalue weighted by Gasteiger charge is -2.12. The van der Waals surface area contributed by atoms with E-state index in [9.17, 15) is 13.2 Å². The number of nitrogen functional groups attached to an aromatic ring is 1. The van der Waals surface area contributed by atoms with Gasteiger partial charge in [-0.15, -0.1) is 13.2 Å². The molecule has 6 heteroatoms. The Labute approximate surface area is 101 Å². The molecule has 0 aliphatic carbocycles. The van der Waals surface area contributed by atoms with Crippen molar-refractivity contribution in [2.45, 2.75) is 6.36 Å². The van der Waals surface area contributed by atoms with Gasteiger partial charge in [-0.25, -0.2) is 0 Å². The average molecular weight is 254 g/mol. The Morgan fingerprint density at radius 1 is 1.06 bits per heavy atom. The minimum absolute atomic E-state index is 0.259. The highest BCUT2D eigenvalue weighted by molar-refractivity contribution is 5.67. The molecule has 0 aliphatic heterocycles. The second-order valence-corrected chi connectivity index (χ2v) is 3.52. The van der Waals surface area contributed by atoms with Gasteiger partial charge in [-0.2, -0.15) is 0 Å². The summed E-state index contributed by atoms with van der Waals surface area (Å²) in [5.41, 5.74) is 6.53. The Morgan fingerprint density at radius 3 is 2.39 bits per heavy atom. The fourth-order valence-electron chi connectivity index (χ4n) is 1.46. The first kappa shape index (κ1) is 12.2. The molecular formula is C12H9F3N2O. The summed E-state index contributed by atoms with van der Waals surface area (Å²) in [5.74, 6) is -0.290. The summed E-state index contributed by atoms with van der Waals surface area (Å²) >= 11 is 0. The van der Waals surface area contributed by atoms with E-state index in [4.69, 9.17) is 5.73 Å². The molecule has 0 amide bonds. The number of nitrogens with zero attached hydrogens (tertiary/aromatic N) is 1. The predicted molar refractivity (Wildman–Crippen MR) is 60.8 cm³/mol. The third kappa shape index (κ3) is 2.91. The topological polar surface area (TPSA) is 48.1 Å². The van der Waals surface area contributed by atoms with Crippen LogP contribution in [-0.4, -0.2) is 11.3 Å². The third-order valence-corrected chi connectivity index (χ3v) is 2.18. The van der Waals surface area contributed by atoms with Gasteiger partial charge < -0.3 is 10.5 Å². The first-order valence-electron chi connectivity index (χ1n) is 5.02. The number of pyridine rings is 1. The van der Waals surface area contributed by atoms with Gasteiger partial charge in [0.1, 0.15) is 5.75 Å². The van der Waals surface area contributed by atoms with Crippen molar-refractivity contribution in [2.75, 3.05) is 5.73 Å². The Kier molecular flexibility index (Phi) is 3.10. The summed E-state index contributed by atoms with van der Waals surface area (Å²) in [6, 6.07) is 8.90. The second kappa shape index (κ2) is 4.56. The number of aromatic nitrogens is 1. The van der Waals surface area contributed by atoms with Crippen LogP contribution in [-0.2, 0) is 0 Å². The van der Waals surface area contributed by atoms with E-state index >= 15 is 0 Å². The number of anilines is 1. The molecule has 2 rings (SSSR count). The second-order valence-electron chi connectivity index (χ2n) is 3.52. The molecule has 0 radical (unpaired) electrons. The number of alkyl halides is 3. The van der Waals surface area contributed by atoms with Gasteiger partial charge in [-0.3, -0.25) is 4.98 Å². The lowest BCUT2D eigenvalue weighted by molar-refractivity contribution is -0.274. The molecule has 1 aromatic heterocycles. The maximum atomic E-state index is 12.2. The molecule has 2 N–H and O–H groups in total. The molecule has 0 saturated carbocycles. The van der Waals surface area contributed by atoms with Crippen molar-refractivity contribution in [3.05, 3.63) is 42.6 Å². The molecule has 2 aromatic rings. The number of benzene rings is 1. The number of hydrogen-bond donors (Lipinski definition) is 1. The number of halogens is 3. The van der Waals surface area contributed by atoms with E-state index in [1.165, 1.54) is 30.5 Å². The largest absolute Gasteiger partial charge is 0.573 e. The fourth-order valence-corrected chi connectivity index (χ4v) is 1.46. The molecule has 0 fully saturated rings. The monoisotopic (exact) mass is 254 g/mol. The van der Waals surface area contributed by atoms with E-state index in [-0.39, 0.29) is 11.3 Å². The van der Waals surface area contributed by atoms with Crippen LogP contribution in [0.15, 0.2) is 42.6 Å². The molecule has 0 saturated heterocycles. The molecule has 1 aromatic carbocycles. The van der Waals surface area contributed by atoms with Crippen LogP contribution in [0, 0.1) is 0 Å². The molecule has 18 heavy (non-hydrogen) atoms. The Bertz CT molecular complexity index is 538. The van der Waals surface area contributed by atoms with Crippen molar-refractivity contribution < 1.29 is 17.9 Å². The van der Waals surface area contributed by atoms with Crippen molar-refractivity contribution in [2.24, 2.45) is 0 Å². The SMILES string of the molecule is Nc1ccc(-c2ccccc2OC(F)(F)F)nc1. The standard InChI is InChI=1S/C12H9F3N2O/c13-12(14,15)18-11-4-2-1-3-9(11)10-6-5-8(16)7-17-10/h1-7H,16H2. The Balaban J connectivity index is 2.41. The van der Waals surface area contributed by atoms with Crippen LogP contribution in [0.5, 0.6) is 5.75 Å². The highest BCUT2D eigenvalue weighted by atomic mass is 19.4. The van der Waals surface area contributed by atoms with E-state index in [0.29, 0.717) is 11.4 Å².